The molecule has 2 aliphatic rings. The first-order chi connectivity index (χ1) is 20.0. The quantitative estimate of drug-likeness (QED) is 0.238. The van der Waals surface area contributed by atoms with E-state index in [1.807, 2.05) is 0 Å². The minimum atomic E-state index is -1.85. The third-order valence-corrected chi connectivity index (χ3v) is 7.61. The normalized spacial score (nSPS) is 28.2. The molecule has 0 saturated carbocycles. The molecule has 0 aliphatic carbocycles. The molecule has 0 unspecified atom stereocenters. The number of β-lactam (4-membered cyclic amide) rings is 1. The van der Waals surface area contributed by atoms with Crippen molar-refractivity contribution in [1.82, 2.24) is 0 Å². The summed E-state index contributed by atoms with van der Waals surface area (Å²) in [7, 11) is 0. The monoisotopic (exact) mass is 585 g/mol. The van der Waals surface area contributed by atoms with E-state index < -0.39 is 66.4 Å². The van der Waals surface area contributed by atoms with Crippen molar-refractivity contribution >= 4 is 17.6 Å². The van der Waals surface area contributed by atoms with Crippen molar-refractivity contribution in [2.24, 2.45) is 5.92 Å². The predicted molar refractivity (Wildman–Crippen MR) is 142 cm³/mol. The summed E-state index contributed by atoms with van der Waals surface area (Å²) in [6, 6.07) is 16.8. The fraction of sp³-hybridized carbons (Fsp3) is 0.333. The number of hydrogen-bond donors (Lipinski definition) is 5. The maximum Gasteiger partial charge on any atom is 0.335 e. The van der Waals surface area contributed by atoms with E-state index in [1.54, 1.807) is 12.1 Å². The maximum atomic E-state index is 13.6. The number of hydrogen-bond acceptors (Lipinski definition) is 8. The fourth-order valence-corrected chi connectivity index (χ4v) is 5.32. The Morgan fingerprint density at radius 3 is 2.07 bits per heavy atom. The van der Waals surface area contributed by atoms with Gasteiger partial charge >= 0.3 is 5.97 Å². The van der Waals surface area contributed by atoms with Crippen molar-refractivity contribution in [2.45, 2.75) is 55.7 Å². The lowest BCUT2D eigenvalue weighted by Crippen LogP contribution is -2.61. The largest absolute Gasteiger partial charge is 0.479 e. The Morgan fingerprint density at radius 2 is 1.48 bits per heavy atom. The Kier molecular flexibility index (Phi) is 8.53. The number of aliphatic hydroxyl groups excluding tert-OH is 4. The third-order valence-electron chi connectivity index (χ3n) is 7.61. The zero-order chi connectivity index (χ0) is 30.1. The van der Waals surface area contributed by atoms with Crippen LogP contribution in [0, 0.1) is 17.6 Å². The SMILES string of the molecule is O=C(O)[C@H]1O[C@@H](Oc2ccc([C@@H]3[C@@H](CC[C@H](O)c4ccc(F)cc4)C(=O)N3c3ccc(F)cc3)cc2)[C@H](O)[C@H](O)[C@@H]1O. The first-order valence-corrected chi connectivity index (χ1v) is 13.3. The second-order valence-electron chi connectivity index (χ2n) is 10.3. The molecule has 5 rings (SSSR count). The molecule has 2 heterocycles. The summed E-state index contributed by atoms with van der Waals surface area (Å²) < 4.78 is 37.6. The topological polar surface area (TPSA) is 157 Å². The van der Waals surface area contributed by atoms with Crippen molar-refractivity contribution in [2.75, 3.05) is 4.90 Å². The number of halogens is 2. The highest BCUT2D eigenvalue weighted by atomic mass is 19.1. The Balaban J connectivity index is 1.34. The molecular weight excluding hydrogens is 556 g/mol. The molecule has 3 aromatic rings. The van der Waals surface area contributed by atoms with Gasteiger partial charge in [0.25, 0.3) is 0 Å². The van der Waals surface area contributed by atoms with Gasteiger partial charge in [-0.2, -0.15) is 0 Å². The standard InChI is InChI=1S/C30H29F2NO9/c31-17-5-1-15(2-6-17)22(34)14-13-21-23(33(28(21)38)19-9-7-18(32)8-10-19)16-3-11-20(12-4-16)41-30-26(37)24(35)25(36)27(42-30)29(39)40/h1-12,21-27,30,34-37H,13-14H2,(H,39,40)/t21-,22+,23-,24-,25+,26-,27+,30-/m1/s1. The van der Waals surface area contributed by atoms with Crippen LogP contribution in [0.2, 0.25) is 0 Å². The predicted octanol–water partition coefficient (Wildman–Crippen LogP) is 2.45. The van der Waals surface area contributed by atoms with Crippen molar-refractivity contribution in [3.05, 3.63) is 95.6 Å². The average molecular weight is 586 g/mol. The van der Waals surface area contributed by atoms with E-state index in [-0.39, 0.29) is 18.1 Å². The van der Waals surface area contributed by atoms with Gasteiger partial charge in [0.05, 0.1) is 18.1 Å². The summed E-state index contributed by atoms with van der Waals surface area (Å²) in [5.74, 6) is -3.03. The van der Waals surface area contributed by atoms with E-state index in [0.29, 0.717) is 23.2 Å². The fourth-order valence-electron chi connectivity index (χ4n) is 5.32. The number of amides is 1. The Bertz CT molecular complexity index is 1400. The van der Waals surface area contributed by atoms with Crippen LogP contribution in [0.4, 0.5) is 14.5 Å². The van der Waals surface area contributed by atoms with Crippen molar-refractivity contribution in [3.63, 3.8) is 0 Å². The molecule has 0 aromatic heterocycles. The molecule has 0 spiro atoms. The number of carboxylic acids is 1. The summed E-state index contributed by atoms with van der Waals surface area (Å²) >= 11 is 0. The van der Waals surface area contributed by atoms with E-state index in [9.17, 15) is 43.9 Å². The van der Waals surface area contributed by atoms with E-state index in [1.165, 1.54) is 65.6 Å². The van der Waals surface area contributed by atoms with Gasteiger partial charge in [0.15, 0.2) is 6.10 Å². The third kappa shape index (κ3) is 5.85. The Morgan fingerprint density at radius 1 is 0.881 bits per heavy atom. The highest BCUT2D eigenvalue weighted by Crippen LogP contribution is 2.46. The van der Waals surface area contributed by atoms with E-state index >= 15 is 0 Å². The van der Waals surface area contributed by atoms with Crippen molar-refractivity contribution in [1.29, 1.82) is 0 Å². The van der Waals surface area contributed by atoms with Gasteiger partial charge in [-0.1, -0.05) is 24.3 Å². The van der Waals surface area contributed by atoms with Crippen LogP contribution < -0.4 is 9.64 Å². The van der Waals surface area contributed by atoms with Crippen LogP contribution in [-0.2, 0) is 14.3 Å². The second kappa shape index (κ2) is 12.1. The molecule has 10 nitrogen and oxygen atoms in total. The summed E-state index contributed by atoms with van der Waals surface area (Å²) in [5.41, 5.74) is 1.68. The van der Waals surface area contributed by atoms with Crippen LogP contribution in [0.3, 0.4) is 0 Å². The van der Waals surface area contributed by atoms with Gasteiger partial charge in [-0.3, -0.25) is 4.79 Å². The first kappa shape index (κ1) is 29.5. The number of rotatable bonds is 9. The van der Waals surface area contributed by atoms with Gasteiger partial charge in [-0.05, 0) is 72.5 Å². The highest BCUT2D eigenvalue weighted by Gasteiger charge is 2.49. The van der Waals surface area contributed by atoms with E-state index in [2.05, 4.69) is 0 Å². The molecule has 3 aromatic carbocycles. The maximum absolute atomic E-state index is 13.6. The van der Waals surface area contributed by atoms with Crippen molar-refractivity contribution < 1.29 is 53.4 Å². The summed E-state index contributed by atoms with van der Waals surface area (Å²) in [6.45, 7) is 0. The molecule has 0 bridgehead atoms. The van der Waals surface area contributed by atoms with Gasteiger partial charge in [0, 0.05) is 5.69 Å². The van der Waals surface area contributed by atoms with E-state index in [4.69, 9.17) is 9.47 Å². The molecule has 12 heteroatoms. The Hall–Kier alpha value is -3.94. The minimum Gasteiger partial charge on any atom is -0.479 e. The number of benzene rings is 3. The van der Waals surface area contributed by atoms with Crippen LogP contribution in [0.5, 0.6) is 5.75 Å². The van der Waals surface area contributed by atoms with Gasteiger partial charge in [-0.25, -0.2) is 13.6 Å². The number of nitrogens with zero attached hydrogens (tertiary/aromatic N) is 1. The van der Waals surface area contributed by atoms with Crippen LogP contribution in [0.15, 0.2) is 72.8 Å². The number of ether oxygens (including phenoxy) is 2. The molecule has 2 fully saturated rings. The number of carbonyl (C=O) groups is 2. The summed E-state index contributed by atoms with van der Waals surface area (Å²) in [5, 5.41) is 50.0. The van der Waals surface area contributed by atoms with Gasteiger partial charge < -0.3 is 39.9 Å². The number of anilines is 1. The van der Waals surface area contributed by atoms with Crippen LogP contribution in [0.25, 0.3) is 0 Å². The molecule has 42 heavy (non-hydrogen) atoms. The van der Waals surface area contributed by atoms with Gasteiger partial charge in [0.1, 0.15) is 35.7 Å². The molecular formula is C30H29F2NO9. The number of aliphatic carboxylic acids is 1. The summed E-state index contributed by atoms with van der Waals surface area (Å²) in [6.07, 6.45) is -9.19. The van der Waals surface area contributed by atoms with Gasteiger partial charge in [-0.15, -0.1) is 0 Å². The molecule has 2 aliphatic heterocycles. The molecule has 5 N–H and O–H groups in total. The minimum absolute atomic E-state index is 0.151. The smallest absolute Gasteiger partial charge is 0.335 e. The lowest BCUT2D eigenvalue weighted by Gasteiger charge is -2.48. The zero-order valence-corrected chi connectivity index (χ0v) is 22.0. The van der Waals surface area contributed by atoms with Crippen LogP contribution >= 0.6 is 0 Å². The van der Waals surface area contributed by atoms with Crippen LogP contribution in [0.1, 0.15) is 36.1 Å². The molecule has 1 amide bonds. The van der Waals surface area contributed by atoms with E-state index in [0.717, 1.165) is 0 Å². The highest BCUT2D eigenvalue weighted by molar-refractivity contribution is 6.03. The lowest BCUT2D eigenvalue weighted by molar-refractivity contribution is -0.271. The lowest BCUT2D eigenvalue weighted by atomic mass is 9.78. The van der Waals surface area contributed by atoms with Crippen molar-refractivity contribution in [3.8, 4) is 5.75 Å². The summed E-state index contributed by atoms with van der Waals surface area (Å²) in [4.78, 5) is 26.2. The molecule has 8 atom stereocenters. The number of carboxylic acid groups (broad SMARTS) is 1. The first-order valence-electron chi connectivity index (χ1n) is 13.3. The number of aliphatic hydroxyl groups is 4. The zero-order valence-electron chi connectivity index (χ0n) is 22.0. The Labute approximate surface area is 239 Å². The number of carbonyl (C=O) groups excluding carboxylic acids is 1. The molecule has 222 valence electrons. The second-order valence-corrected chi connectivity index (χ2v) is 10.3. The average Bonchev–Trinajstić information content (AvgIpc) is 2.97. The molecule has 0 radical (unpaired) electrons. The van der Waals surface area contributed by atoms with Gasteiger partial charge in [0.2, 0.25) is 12.2 Å². The van der Waals surface area contributed by atoms with Crippen LogP contribution in [-0.4, -0.2) is 68.1 Å². The molecule has 2 saturated heterocycles.